The number of anilines is 1. The predicted molar refractivity (Wildman–Crippen MR) is 118 cm³/mol. The number of benzene rings is 1. The minimum atomic E-state index is 0.329. The van der Waals surface area contributed by atoms with Gasteiger partial charge >= 0.3 is 0 Å². The van der Waals surface area contributed by atoms with Crippen LogP contribution in [0, 0.1) is 0 Å². The van der Waals surface area contributed by atoms with Crippen LogP contribution in [0.1, 0.15) is 41.6 Å². The van der Waals surface area contributed by atoms with E-state index in [0.717, 1.165) is 67.6 Å². The smallest absolute Gasteiger partial charge is 0.115 e. The van der Waals surface area contributed by atoms with Crippen molar-refractivity contribution in [3.63, 3.8) is 0 Å². The molecule has 2 aromatic rings. The number of nitrogens with one attached hydrogen (secondary N) is 2. The molecule has 1 aliphatic carbocycles. The van der Waals surface area contributed by atoms with Gasteiger partial charge < -0.3 is 21.5 Å². The lowest BCUT2D eigenvalue weighted by atomic mass is 9.89. The number of fused-ring (bicyclic) bond motifs is 2. The topological polar surface area (TPSA) is 83.2 Å². The van der Waals surface area contributed by atoms with Crippen LogP contribution in [0.4, 0.5) is 5.69 Å². The van der Waals surface area contributed by atoms with E-state index < -0.39 is 0 Å². The van der Waals surface area contributed by atoms with Gasteiger partial charge in [-0.2, -0.15) is 0 Å². The van der Waals surface area contributed by atoms with Gasteiger partial charge in [-0.25, -0.2) is 0 Å². The van der Waals surface area contributed by atoms with E-state index in [1.54, 1.807) is 6.07 Å². The fourth-order valence-corrected chi connectivity index (χ4v) is 4.73. The number of pyridine rings is 1. The van der Waals surface area contributed by atoms with Crippen molar-refractivity contribution < 1.29 is 5.11 Å². The quantitative estimate of drug-likeness (QED) is 0.543. The number of nitrogens with zero attached hydrogens (tertiary/aromatic N) is 1. The molecular weight excluding hydrogens is 416 g/mol. The number of phenols is 1. The number of piperidine rings is 1. The SMILES string of the molecule is NCCCNc1c(Br)cnc2c1CCc1cc(O)ccc1C2=C1CCNCC1. The lowest BCUT2D eigenvalue weighted by Gasteiger charge is -2.23. The highest BCUT2D eigenvalue weighted by Gasteiger charge is 2.26. The van der Waals surface area contributed by atoms with Crippen molar-refractivity contribution >= 4 is 27.2 Å². The van der Waals surface area contributed by atoms with Gasteiger partial charge in [0.05, 0.1) is 15.9 Å². The van der Waals surface area contributed by atoms with Crippen LogP contribution in [0.2, 0.25) is 0 Å². The van der Waals surface area contributed by atoms with Crippen molar-refractivity contribution in [2.45, 2.75) is 32.1 Å². The highest BCUT2D eigenvalue weighted by molar-refractivity contribution is 9.10. The van der Waals surface area contributed by atoms with E-state index in [0.29, 0.717) is 12.3 Å². The maximum absolute atomic E-state index is 10.1. The number of nitrogens with two attached hydrogens (primary N) is 1. The Morgan fingerprint density at radius 2 is 2.00 bits per heavy atom. The van der Waals surface area contributed by atoms with Crippen molar-refractivity contribution in [2.75, 3.05) is 31.5 Å². The normalized spacial score (nSPS) is 16.4. The van der Waals surface area contributed by atoms with E-state index >= 15 is 0 Å². The van der Waals surface area contributed by atoms with Crippen molar-refractivity contribution in [2.24, 2.45) is 5.73 Å². The zero-order chi connectivity index (χ0) is 19.5. The van der Waals surface area contributed by atoms with Crippen molar-refractivity contribution in [1.29, 1.82) is 0 Å². The molecule has 0 radical (unpaired) electrons. The highest BCUT2D eigenvalue weighted by atomic mass is 79.9. The summed E-state index contributed by atoms with van der Waals surface area (Å²) in [7, 11) is 0. The van der Waals surface area contributed by atoms with E-state index in [9.17, 15) is 5.11 Å². The Morgan fingerprint density at radius 3 is 2.79 bits per heavy atom. The number of halogens is 1. The molecule has 1 aromatic carbocycles. The van der Waals surface area contributed by atoms with E-state index in [1.807, 2.05) is 12.3 Å². The Balaban J connectivity index is 1.89. The summed E-state index contributed by atoms with van der Waals surface area (Å²) in [5.41, 5.74) is 14.3. The van der Waals surface area contributed by atoms with Gasteiger partial charge in [-0.3, -0.25) is 4.98 Å². The molecule has 0 spiro atoms. The molecule has 1 fully saturated rings. The van der Waals surface area contributed by atoms with Crippen LogP contribution in [-0.4, -0.2) is 36.3 Å². The van der Waals surface area contributed by atoms with E-state index in [2.05, 4.69) is 32.6 Å². The Kier molecular flexibility index (Phi) is 5.99. The monoisotopic (exact) mass is 442 g/mol. The molecule has 0 saturated carbocycles. The molecule has 1 aliphatic heterocycles. The van der Waals surface area contributed by atoms with Crippen LogP contribution >= 0.6 is 15.9 Å². The summed E-state index contributed by atoms with van der Waals surface area (Å²) in [5, 5.41) is 17.1. The van der Waals surface area contributed by atoms with Gasteiger partial charge in [0.25, 0.3) is 0 Å². The van der Waals surface area contributed by atoms with Crippen molar-refractivity contribution in [3.05, 3.63) is 56.8 Å². The molecule has 0 amide bonds. The second-order valence-corrected chi connectivity index (χ2v) is 8.30. The van der Waals surface area contributed by atoms with Crippen LogP contribution in [0.15, 0.2) is 34.4 Å². The maximum Gasteiger partial charge on any atom is 0.115 e. The third kappa shape index (κ3) is 3.81. The number of hydrogen-bond acceptors (Lipinski definition) is 5. The zero-order valence-electron chi connectivity index (χ0n) is 16.0. The maximum atomic E-state index is 10.1. The molecule has 0 bridgehead atoms. The lowest BCUT2D eigenvalue weighted by molar-refractivity contribution is 0.474. The van der Waals surface area contributed by atoms with E-state index in [4.69, 9.17) is 10.7 Å². The summed E-state index contributed by atoms with van der Waals surface area (Å²) in [5.74, 6) is 0.329. The average molecular weight is 443 g/mol. The first-order valence-electron chi connectivity index (χ1n) is 10.1. The predicted octanol–water partition coefficient (Wildman–Crippen LogP) is 3.59. The standard InChI is InChI=1S/C22H27BrN4O/c23-19-13-27-22-18(21(19)26-9-1-8-24)4-2-15-12-16(28)3-5-17(15)20(22)14-6-10-25-11-7-14/h3,5,12-13,25,28H,1-2,4,6-11,24H2,(H,26,27). The van der Waals surface area contributed by atoms with Gasteiger partial charge in [-0.15, -0.1) is 0 Å². The first kappa shape index (κ1) is 19.4. The largest absolute Gasteiger partial charge is 0.508 e. The fraction of sp³-hybridized carbons (Fsp3) is 0.409. The molecule has 4 rings (SSSR count). The molecule has 2 heterocycles. The van der Waals surface area contributed by atoms with Crippen molar-refractivity contribution in [1.82, 2.24) is 10.3 Å². The van der Waals surface area contributed by atoms with Gasteiger partial charge in [-0.1, -0.05) is 11.6 Å². The summed E-state index contributed by atoms with van der Waals surface area (Å²) in [6, 6.07) is 5.78. The molecule has 5 N–H and O–H groups in total. The summed E-state index contributed by atoms with van der Waals surface area (Å²) in [6.45, 7) is 3.51. The number of phenolic OH excluding ortho intramolecular Hbond substituents is 1. The number of hydrogen-bond donors (Lipinski definition) is 4. The number of aromatic hydroxyl groups is 1. The number of aryl methyl sites for hydroxylation is 1. The van der Waals surface area contributed by atoms with Crippen LogP contribution < -0.4 is 16.4 Å². The molecule has 1 aromatic heterocycles. The molecule has 5 nitrogen and oxygen atoms in total. The summed E-state index contributed by atoms with van der Waals surface area (Å²) in [6.07, 6.45) is 6.67. The minimum Gasteiger partial charge on any atom is -0.508 e. The van der Waals surface area contributed by atoms with Crippen LogP contribution in [0.25, 0.3) is 5.57 Å². The van der Waals surface area contributed by atoms with Crippen LogP contribution in [-0.2, 0) is 12.8 Å². The second kappa shape index (κ2) is 8.64. The van der Waals surface area contributed by atoms with Gasteiger partial charge in [0.15, 0.2) is 0 Å². The summed E-state index contributed by atoms with van der Waals surface area (Å²) >= 11 is 3.69. The first-order valence-corrected chi connectivity index (χ1v) is 10.8. The molecule has 148 valence electrons. The third-order valence-electron chi connectivity index (χ3n) is 5.62. The van der Waals surface area contributed by atoms with Gasteiger partial charge in [0.1, 0.15) is 5.75 Å². The Labute approximate surface area is 174 Å². The Bertz CT molecular complexity index is 902. The second-order valence-electron chi connectivity index (χ2n) is 7.45. The molecule has 0 unspecified atom stereocenters. The highest BCUT2D eigenvalue weighted by Crippen LogP contribution is 2.41. The lowest BCUT2D eigenvalue weighted by Crippen LogP contribution is -2.24. The summed E-state index contributed by atoms with van der Waals surface area (Å²) in [4.78, 5) is 4.89. The Hall–Kier alpha value is -1.89. The van der Waals surface area contributed by atoms with Crippen molar-refractivity contribution in [3.8, 4) is 5.75 Å². The third-order valence-corrected chi connectivity index (χ3v) is 6.22. The molecule has 0 atom stereocenters. The van der Waals surface area contributed by atoms with Gasteiger partial charge in [0.2, 0.25) is 0 Å². The average Bonchev–Trinajstić information content (AvgIpc) is 2.87. The molecule has 2 aliphatic rings. The van der Waals surface area contributed by atoms with Crippen LogP contribution in [0.5, 0.6) is 5.75 Å². The fourth-order valence-electron chi connectivity index (χ4n) is 4.25. The first-order chi connectivity index (χ1) is 13.7. The molecular formula is C22H27BrN4O. The van der Waals surface area contributed by atoms with Gasteiger partial charge in [-0.05, 0) is 90.9 Å². The van der Waals surface area contributed by atoms with E-state index in [1.165, 1.54) is 27.8 Å². The molecule has 28 heavy (non-hydrogen) atoms. The van der Waals surface area contributed by atoms with Gasteiger partial charge in [0, 0.05) is 23.9 Å². The Morgan fingerprint density at radius 1 is 1.18 bits per heavy atom. The number of rotatable bonds is 4. The summed E-state index contributed by atoms with van der Waals surface area (Å²) < 4.78 is 0.992. The van der Waals surface area contributed by atoms with Crippen LogP contribution in [0.3, 0.4) is 0 Å². The molecule has 1 saturated heterocycles. The minimum absolute atomic E-state index is 0.329. The molecule has 6 heteroatoms. The number of aromatic nitrogens is 1. The zero-order valence-corrected chi connectivity index (χ0v) is 17.6. The van der Waals surface area contributed by atoms with E-state index in [-0.39, 0.29) is 0 Å².